The fourth-order valence-electron chi connectivity index (χ4n) is 2.05. The number of benzene rings is 1. The number of anilines is 1. The highest BCUT2D eigenvalue weighted by atomic mass is 32.2. The summed E-state index contributed by atoms with van der Waals surface area (Å²) in [5.41, 5.74) is 8.72. The zero-order valence-corrected chi connectivity index (χ0v) is 12.8. The summed E-state index contributed by atoms with van der Waals surface area (Å²) in [5, 5.41) is 28.3. The van der Waals surface area contributed by atoms with E-state index in [2.05, 4.69) is 11.1 Å². The molecule has 1 aromatic heterocycles. The topological polar surface area (TPSA) is 107 Å². The zero-order chi connectivity index (χ0) is 16.1. The Morgan fingerprint density at radius 3 is 2.36 bits per heavy atom. The summed E-state index contributed by atoms with van der Waals surface area (Å²) in [6.45, 7) is 1.93. The van der Waals surface area contributed by atoms with Crippen LogP contribution in [-0.4, -0.2) is 22.5 Å². The lowest BCUT2D eigenvalue weighted by Crippen LogP contribution is -2.04. The van der Waals surface area contributed by atoms with Gasteiger partial charge in [0.1, 0.15) is 28.5 Å². The van der Waals surface area contributed by atoms with Gasteiger partial charge in [-0.25, -0.2) is 4.98 Å². The van der Waals surface area contributed by atoms with Crippen LogP contribution in [0.5, 0.6) is 0 Å². The van der Waals surface area contributed by atoms with Crippen molar-refractivity contribution in [3.05, 3.63) is 41.0 Å². The second-order valence-electron chi connectivity index (χ2n) is 4.59. The van der Waals surface area contributed by atoms with Crippen LogP contribution in [0.25, 0.3) is 11.1 Å². The third kappa shape index (κ3) is 3.04. The number of rotatable bonds is 4. The number of thioether (sulfide) groups is 1. The first-order valence-corrected chi connectivity index (χ1v) is 7.55. The van der Waals surface area contributed by atoms with Crippen LogP contribution in [0.1, 0.15) is 16.7 Å². The van der Waals surface area contributed by atoms with Crippen LogP contribution < -0.4 is 5.73 Å². The summed E-state index contributed by atoms with van der Waals surface area (Å²) in [5.74, 6) is 0.498. The highest BCUT2D eigenvalue weighted by Gasteiger charge is 2.20. The molecule has 0 unspecified atom stereocenters. The maximum absolute atomic E-state index is 9.51. The molecule has 0 amide bonds. The van der Waals surface area contributed by atoms with Crippen LogP contribution in [0.15, 0.2) is 29.3 Å². The van der Waals surface area contributed by atoms with Gasteiger partial charge in [0.25, 0.3) is 0 Å². The summed E-state index contributed by atoms with van der Waals surface area (Å²) in [6.07, 6.45) is 0. The van der Waals surface area contributed by atoms with Crippen molar-refractivity contribution in [2.24, 2.45) is 0 Å². The number of aliphatic hydroxyl groups is 1. The van der Waals surface area contributed by atoms with Crippen molar-refractivity contribution in [2.75, 3.05) is 18.1 Å². The summed E-state index contributed by atoms with van der Waals surface area (Å²) in [6, 6.07) is 11.7. The van der Waals surface area contributed by atoms with Gasteiger partial charge in [-0.1, -0.05) is 29.8 Å². The smallest absolute Gasteiger partial charge is 0.143 e. The molecule has 0 radical (unpaired) electrons. The van der Waals surface area contributed by atoms with Gasteiger partial charge in [-0.15, -0.1) is 11.8 Å². The van der Waals surface area contributed by atoms with Crippen molar-refractivity contribution >= 4 is 17.6 Å². The van der Waals surface area contributed by atoms with Gasteiger partial charge in [0.2, 0.25) is 0 Å². The van der Waals surface area contributed by atoms with Gasteiger partial charge in [0.15, 0.2) is 0 Å². The third-order valence-corrected chi connectivity index (χ3v) is 4.04. The van der Waals surface area contributed by atoms with Crippen molar-refractivity contribution in [2.45, 2.75) is 11.9 Å². The van der Waals surface area contributed by atoms with Crippen molar-refractivity contribution < 1.29 is 5.11 Å². The Hall–Kier alpha value is -2.54. The summed E-state index contributed by atoms with van der Waals surface area (Å²) >= 11 is 1.24. The molecule has 0 saturated heterocycles. The van der Waals surface area contributed by atoms with Crippen LogP contribution in [0.3, 0.4) is 0 Å². The lowest BCUT2D eigenvalue weighted by atomic mass is 9.96. The number of aliphatic hydroxyl groups excluding tert-OH is 1. The summed E-state index contributed by atoms with van der Waals surface area (Å²) in [7, 11) is 0. The maximum Gasteiger partial charge on any atom is 0.143 e. The molecule has 0 atom stereocenters. The van der Waals surface area contributed by atoms with Crippen molar-refractivity contribution in [1.29, 1.82) is 10.5 Å². The minimum absolute atomic E-state index is 0.0308. The Kier molecular flexibility index (Phi) is 5.00. The van der Waals surface area contributed by atoms with E-state index in [4.69, 9.17) is 10.8 Å². The van der Waals surface area contributed by atoms with E-state index in [1.165, 1.54) is 11.8 Å². The summed E-state index contributed by atoms with van der Waals surface area (Å²) in [4.78, 5) is 4.14. The Morgan fingerprint density at radius 1 is 1.18 bits per heavy atom. The van der Waals surface area contributed by atoms with Crippen molar-refractivity contribution in [3.63, 3.8) is 0 Å². The minimum Gasteiger partial charge on any atom is -0.396 e. The number of pyridine rings is 1. The fraction of sp³-hybridized carbons (Fsp3) is 0.188. The molecule has 5 nitrogen and oxygen atoms in total. The molecule has 1 aromatic carbocycles. The first-order valence-electron chi connectivity index (χ1n) is 6.56. The van der Waals surface area contributed by atoms with Crippen molar-refractivity contribution in [1.82, 2.24) is 4.98 Å². The Morgan fingerprint density at radius 2 is 1.82 bits per heavy atom. The normalized spacial score (nSPS) is 10.0. The van der Waals surface area contributed by atoms with Gasteiger partial charge in [0, 0.05) is 11.3 Å². The number of aromatic nitrogens is 1. The fourth-order valence-corrected chi connectivity index (χ4v) is 2.79. The Balaban J connectivity index is 2.73. The van der Waals surface area contributed by atoms with Crippen LogP contribution in [0.2, 0.25) is 0 Å². The predicted octanol–water partition coefficient (Wildman–Crippen LogP) is 2.47. The molecule has 22 heavy (non-hydrogen) atoms. The maximum atomic E-state index is 9.51. The first kappa shape index (κ1) is 15.8. The molecule has 3 N–H and O–H groups in total. The number of nitrogens with two attached hydrogens (primary N) is 1. The first-order chi connectivity index (χ1) is 10.6. The molecular formula is C16H14N4OS. The predicted molar refractivity (Wildman–Crippen MR) is 86.1 cm³/mol. The number of aryl methyl sites for hydroxylation is 1. The number of hydrogen-bond acceptors (Lipinski definition) is 6. The van der Waals surface area contributed by atoms with E-state index in [0.717, 1.165) is 11.1 Å². The monoisotopic (exact) mass is 310 g/mol. The third-order valence-electron chi connectivity index (χ3n) is 3.09. The Bertz CT molecular complexity index is 773. The van der Waals surface area contributed by atoms with Gasteiger partial charge in [-0.2, -0.15) is 10.5 Å². The molecule has 0 spiro atoms. The minimum atomic E-state index is -0.0308. The van der Waals surface area contributed by atoms with Gasteiger partial charge in [0.05, 0.1) is 12.2 Å². The van der Waals surface area contributed by atoms with E-state index in [1.807, 2.05) is 37.3 Å². The van der Waals surface area contributed by atoms with E-state index in [0.29, 0.717) is 21.9 Å². The van der Waals surface area contributed by atoms with Crippen molar-refractivity contribution in [3.8, 4) is 23.3 Å². The van der Waals surface area contributed by atoms with Crippen LogP contribution >= 0.6 is 11.8 Å². The largest absolute Gasteiger partial charge is 0.396 e. The molecule has 110 valence electrons. The number of nitrogen functional groups attached to an aromatic ring is 1. The van der Waals surface area contributed by atoms with Crippen LogP contribution in [0.4, 0.5) is 5.82 Å². The van der Waals surface area contributed by atoms with Gasteiger partial charge >= 0.3 is 0 Å². The van der Waals surface area contributed by atoms with Gasteiger partial charge in [-0.3, -0.25) is 0 Å². The lowest BCUT2D eigenvalue weighted by Gasteiger charge is -2.12. The SMILES string of the molecule is Cc1ccc(-c2c(C#N)c(N)nc(SCCO)c2C#N)cc1. The van der Waals surface area contributed by atoms with Crippen LogP contribution in [0, 0.1) is 29.6 Å². The average Bonchev–Trinajstić information content (AvgIpc) is 2.53. The molecule has 1 heterocycles. The molecule has 0 aliphatic rings. The number of nitriles is 2. The molecule has 0 aliphatic carbocycles. The summed E-state index contributed by atoms with van der Waals surface area (Å²) < 4.78 is 0. The van der Waals surface area contributed by atoms with E-state index >= 15 is 0 Å². The lowest BCUT2D eigenvalue weighted by molar-refractivity contribution is 0.322. The second-order valence-corrected chi connectivity index (χ2v) is 5.67. The van der Waals surface area contributed by atoms with Gasteiger partial charge < -0.3 is 10.8 Å². The standard InChI is InChI=1S/C16H14N4OS/c1-10-2-4-11(5-3-10)14-12(8-17)15(19)20-16(13(14)9-18)22-7-6-21/h2-5,21H,6-7H2,1H3,(H2,19,20). The Labute approximate surface area is 133 Å². The number of hydrogen-bond donors (Lipinski definition) is 2. The molecule has 0 fully saturated rings. The van der Waals surface area contributed by atoms with Crippen LogP contribution in [-0.2, 0) is 0 Å². The van der Waals surface area contributed by atoms with E-state index in [1.54, 1.807) is 0 Å². The average molecular weight is 310 g/mol. The van der Waals surface area contributed by atoms with E-state index in [9.17, 15) is 10.5 Å². The van der Waals surface area contributed by atoms with Gasteiger partial charge in [-0.05, 0) is 12.5 Å². The molecule has 0 aliphatic heterocycles. The highest BCUT2D eigenvalue weighted by Crippen LogP contribution is 2.35. The number of nitrogens with zero attached hydrogens (tertiary/aromatic N) is 3. The highest BCUT2D eigenvalue weighted by molar-refractivity contribution is 7.99. The zero-order valence-electron chi connectivity index (χ0n) is 12.0. The second kappa shape index (κ2) is 6.95. The molecule has 2 rings (SSSR count). The molecule has 0 saturated carbocycles. The van der Waals surface area contributed by atoms with E-state index < -0.39 is 0 Å². The molecular weight excluding hydrogens is 296 g/mol. The molecule has 2 aromatic rings. The molecule has 0 bridgehead atoms. The quantitative estimate of drug-likeness (QED) is 0.840. The van der Waals surface area contributed by atoms with E-state index in [-0.39, 0.29) is 18.0 Å². The molecule has 6 heteroatoms.